The Hall–Kier alpha value is -2.79. The van der Waals surface area contributed by atoms with Gasteiger partial charge in [0.15, 0.2) is 0 Å². The molecule has 1 fully saturated rings. The molecule has 0 aliphatic carbocycles. The summed E-state index contributed by atoms with van der Waals surface area (Å²) in [5.41, 5.74) is 5.90. The van der Waals surface area contributed by atoms with E-state index in [0.29, 0.717) is 5.56 Å². The summed E-state index contributed by atoms with van der Waals surface area (Å²) >= 11 is 0. The Balaban J connectivity index is 1.48. The van der Waals surface area contributed by atoms with Gasteiger partial charge in [0.1, 0.15) is 0 Å². The first-order valence-electron chi connectivity index (χ1n) is 10.0. The molecule has 0 atom stereocenters. The summed E-state index contributed by atoms with van der Waals surface area (Å²) in [7, 11) is 0. The monoisotopic (exact) mass is 376 g/mol. The Morgan fingerprint density at radius 2 is 1.75 bits per heavy atom. The van der Waals surface area contributed by atoms with Crippen LogP contribution in [-0.2, 0) is 0 Å². The number of hydrogen-bond donors (Lipinski definition) is 2. The molecule has 0 unspecified atom stereocenters. The van der Waals surface area contributed by atoms with Crippen molar-refractivity contribution in [1.29, 1.82) is 0 Å². The maximum Gasteiger partial charge on any atom is 0.257 e. The molecule has 146 valence electrons. The Morgan fingerprint density at radius 3 is 2.43 bits per heavy atom. The van der Waals surface area contributed by atoms with Crippen molar-refractivity contribution in [2.45, 2.75) is 20.8 Å². The van der Waals surface area contributed by atoms with Gasteiger partial charge < -0.3 is 20.1 Å². The fraction of sp³-hybridized carbons (Fsp3) is 0.348. The molecule has 5 heteroatoms. The zero-order valence-electron chi connectivity index (χ0n) is 16.9. The topological polar surface area (TPSA) is 51.4 Å². The smallest absolute Gasteiger partial charge is 0.257 e. The van der Waals surface area contributed by atoms with Crippen molar-refractivity contribution in [1.82, 2.24) is 9.88 Å². The number of likely N-dealkylation sites (N-methyl/N-ethyl adjacent to an activating group) is 1. The number of nitrogens with one attached hydrogen (secondary N) is 2. The molecule has 28 heavy (non-hydrogen) atoms. The minimum atomic E-state index is -0.0869. The molecular weight excluding hydrogens is 348 g/mol. The first-order chi connectivity index (χ1) is 13.6. The van der Waals surface area contributed by atoms with Crippen molar-refractivity contribution in [3.8, 4) is 0 Å². The number of aromatic amines is 1. The molecule has 0 spiro atoms. The van der Waals surface area contributed by atoms with Gasteiger partial charge in [-0.3, -0.25) is 4.79 Å². The summed E-state index contributed by atoms with van der Waals surface area (Å²) in [6.45, 7) is 11.8. The van der Waals surface area contributed by atoms with Crippen LogP contribution in [0.2, 0.25) is 0 Å². The zero-order valence-corrected chi connectivity index (χ0v) is 16.9. The number of rotatable bonds is 4. The number of piperazine rings is 1. The second-order valence-corrected chi connectivity index (χ2v) is 7.53. The van der Waals surface area contributed by atoms with Crippen LogP contribution in [0.3, 0.4) is 0 Å². The van der Waals surface area contributed by atoms with Crippen LogP contribution < -0.4 is 10.2 Å². The number of H-pyrrole nitrogens is 1. The maximum atomic E-state index is 12.9. The molecule has 1 aliphatic rings. The Kier molecular flexibility index (Phi) is 5.09. The van der Waals surface area contributed by atoms with Crippen molar-refractivity contribution < 1.29 is 4.79 Å². The van der Waals surface area contributed by atoms with Gasteiger partial charge in [-0.05, 0) is 56.3 Å². The average molecular weight is 377 g/mol. The molecule has 1 aromatic heterocycles. The third kappa shape index (κ3) is 3.50. The van der Waals surface area contributed by atoms with Crippen molar-refractivity contribution in [2.75, 3.05) is 42.9 Å². The largest absolute Gasteiger partial charge is 0.369 e. The summed E-state index contributed by atoms with van der Waals surface area (Å²) in [5.74, 6) is -0.0869. The van der Waals surface area contributed by atoms with Gasteiger partial charge in [-0.25, -0.2) is 0 Å². The number of fused-ring (bicyclic) bond motifs is 1. The number of aromatic nitrogens is 1. The normalized spacial score (nSPS) is 15.2. The van der Waals surface area contributed by atoms with Gasteiger partial charge in [-0.2, -0.15) is 0 Å². The molecule has 4 rings (SSSR count). The second kappa shape index (κ2) is 7.68. The number of anilines is 2. The van der Waals surface area contributed by atoms with E-state index in [4.69, 9.17) is 0 Å². The number of carbonyl (C=O) groups is 1. The molecular formula is C23H28N4O. The predicted molar refractivity (Wildman–Crippen MR) is 116 cm³/mol. The molecule has 5 nitrogen and oxygen atoms in total. The highest BCUT2D eigenvalue weighted by atomic mass is 16.1. The van der Waals surface area contributed by atoms with Crippen molar-refractivity contribution in [3.63, 3.8) is 0 Å². The van der Waals surface area contributed by atoms with Gasteiger partial charge >= 0.3 is 0 Å². The lowest BCUT2D eigenvalue weighted by Gasteiger charge is -2.35. The van der Waals surface area contributed by atoms with Crippen molar-refractivity contribution in [3.05, 3.63) is 59.3 Å². The van der Waals surface area contributed by atoms with Crippen LogP contribution in [0.4, 0.5) is 11.4 Å². The van der Waals surface area contributed by atoms with E-state index in [9.17, 15) is 4.79 Å². The van der Waals surface area contributed by atoms with Crippen LogP contribution in [0, 0.1) is 13.8 Å². The van der Waals surface area contributed by atoms with Crippen molar-refractivity contribution >= 4 is 28.2 Å². The van der Waals surface area contributed by atoms with E-state index in [1.54, 1.807) is 0 Å². The lowest BCUT2D eigenvalue weighted by atomic mass is 10.1. The first kappa shape index (κ1) is 18.6. The number of nitrogens with zero attached hydrogens (tertiary/aromatic N) is 2. The third-order valence-corrected chi connectivity index (χ3v) is 5.90. The quantitative estimate of drug-likeness (QED) is 0.718. The standard InChI is InChI=1S/C23H28N4O/c1-4-26-12-14-27(15-13-26)19-10-8-18(9-11-19)25-23(28)21-7-5-6-20-16(2)17(3)24-22(20)21/h5-11,24H,4,12-15H2,1-3H3,(H,25,28). The van der Waals surface area contributed by atoms with E-state index >= 15 is 0 Å². The predicted octanol–water partition coefficient (Wildman–Crippen LogP) is 4.18. The van der Waals surface area contributed by atoms with Crippen LogP contribution in [0.15, 0.2) is 42.5 Å². The van der Waals surface area contributed by atoms with E-state index in [1.807, 2.05) is 31.2 Å². The summed E-state index contributed by atoms with van der Waals surface area (Å²) in [6.07, 6.45) is 0. The zero-order chi connectivity index (χ0) is 19.7. The van der Waals surface area contributed by atoms with E-state index in [2.05, 4.69) is 52.1 Å². The summed E-state index contributed by atoms with van der Waals surface area (Å²) < 4.78 is 0. The van der Waals surface area contributed by atoms with Gasteiger partial charge in [0.25, 0.3) is 5.91 Å². The fourth-order valence-corrected chi connectivity index (χ4v) is 3.95. The molecule has 2 heterocycles. The van der Waals surface area contributed by atoms with E-state index in [1.165, 1.54) is 11.3 Å². The number of amides is 1. The summed E-state index contributed by atoms with van der Waals surface area (Å²) in [5, 5.41) is 4.14. The van der Waals surface area contributed by atoms with E-state index < -0.39 is 0 Å². The first-order valence-corrected chi connectivity index (χ1v) is 10.0. The lowest BCUT2D eigenvalue weighted by Crippen LogP contribution is -2.46. The van der Waals surface area contributed by atoms with Gasteiger partial charge in [-0.15, -0.1) is 0 Å². The molecule has 3 aromatic rings. The average Bonchev–Trinajstić information content (AvgIpc) is 3.02. The van der Waals surface area contributed by atoms with Crippen LogP contribution in [0.5, 0.6) is 0 Å². The number of para-hydroxylation sites is 1. The van der Waals surface area contributed by atoms with Gasteiger partial charge in [0, 0.05) is 48.6 Å². The molecule has 2 aromatic carbocycles. The van der Waals surface area contributed by atoms with Crippen LogP contribution in [-0.4, -0.2) is 48.5 Å². The molecule has 0 bridgehead atoms. The van der Waals surface area contributed by atoms with Crippen LogP contribution in [0.1, 0.15) is 28.5 Å². The van der Waals surface area contributed by atoms with Gasteiger partial charge in [0.2, 0.25) is 0 Å². The third-order valence-electron chi connectivity index (χ3n) is 5.90. The fourth-order valence-electron chi connectivity index (χ4n) is 3.95. The molecule has 0 saturated carbocycles. The Bertz CT molecular complexity index is 982. The van der Waals surface area contributed by atoms with Crippen LogP contribution >= 0.6 is 0 Å². The molecule has 1 aliphatic heterocycles. The molecule has 2 N–H and O–H groups in total. The minimum Gasteiger partial charge on any atom is -0.369 e. The lowest BCUT2D eigenvalue weighted by molar-refractivity contribution is 0.102. The highest BCUT2D eigenvalue weighted by Gasteiger charge is 2.17. The number of hydrogen-bond acceptors (Lipinski definition) is 3. The SMILES string of the molecule is CCN1CCN(c2ccc(NC(=O)c3cccc4c(C)c(C)[nH]c34)cc2)CC1. The highest BCUT2D eigenvalue weighted by molar-refractivity contribution is 6.12. The number of benzene rings is 2. The minimum absolute atomic E-state index is 0.0869. The Morgan fingerprint density at radius 1 is 1.04 bits per heavy atom. The molecule has 1 saturated heterocycles. The summed E-state index contributed by atoms with van der Waals surface area (Å²) in [4.78, 5) is 21.1. The highest BCUT2D eigenvalue weighted by Crippen LogP contribution is 2.25. The number of aryl methyl sites for hydroxylation is 2. The van der Waals surface area contributed by atoms with E-state index in [-0.39, 0.29) is 5.91 Å². The molecule has 1 amide bonds. The number of carbonyl (C=O) groups excluding carboxylic acids is 1. The maximum absolute atomic E-state index is 12.9. The molecule has 0 radical (unpaired) electrons. The Labute approximate surface area is 166 Å². The second-order valence-electron chi connectivity index (χ2n) is 7.53. The van der Waals surface area contributed by atoms with E-state index in [0.717, 1.165) is 55.0 Å². The van der Waals surface area contributed by atoms with Gasteiger partial charge in [-0.1, -0.05) is 19.1 Å². The summed E-state index contributed by atoms with van der Waals surface area (Å²) in [6, 6.07) is 14.0. The van der Waals surface area contributed by atoms with Crippen molar-refractivity contribution in [2.24, 2.45) is 0 Å². The van der Waals surface area contributed by atoms with Crippen LogP contribution in [0.25, 0.3) is 10.9 Å². The van der Waals surface area contributed by atoms with Gasteiger partial charge in [0.05, 0.1) is 11.1 Å².